The van der Waals surface area contributed by atoms with Crippen molar-refractivity contribution in [3.05, 3.63) is 57.9 Å². The molecule has 2 aromatic heterocycles. The van der Waals surface area contributed by atoms with E-state index >= 15 is 0 Å². The molecule has 0 fully saturated rings. The minimum Gasteiger partial charge on any atom is -0.503 e. The van der Waals surface area contributed by atoms with Gasteiger partial charge >= 0.3 is 0 Å². The summed E-state index contributed by atoms with van der Waals surface area (Å²) in [7, 11) is 0. The van der Waals surface area contributed by atoms with E-state index in [1.54, 1.807) is 32.9 Å². The van der Waals surface area contributed by atoms with Crippen LogP contribution in [0.1, 0.15) is 37.5 Å². The molecule has 0 radical (unpaired) electrons. The fourth-order valence-electron chi connectivity index (χ4n) is 2.77. The van der Waals surface area contributed by atoms with Gasteiger partial charge in [-0.25, -0.2) is 0 Å². The molecule has 0 bridgehead atoms. The molecule has 0 aromatic carbocycles. The van der Waals surface area contributed by atoms with Gasteiger partial charge in [0.1, 0.15) is 11.8 Å². The second-order valence-electron chi connectivity index (χ2n) is 6.77. The molecule has 1 N–H and O–H groups in total. The summed E-state index contributed by atoms with van der Waals surface area (Å²) >= 11 is 1.52. The number of thiophene rings is 1. The Bertz CT molecular complexity index is 782. The van der Waals surface area contributed by atoms with E-state index in [9.17, 15) is 14.7 Å². The minimum atomic E-state index is -0.715. The molecule has 1 atom stereocenters. The van der Waals surface area contributed by atoms with Crippen LogP contribution >= 0.6 is 11.3 Å². The number of furan rings is 1. The van der Waals surface area contributed by atoms with Gasteiger partial charge in [0.2, 0.25) is 0 Å². The largest absolute Gasteiger partial charge is 0.503 e. The first-order valence-electron chi connectivity index (χ1n) is 7.65. The third kappa shape index (κ3) is 2.78. The van der Waals surface area contributed by atoms with Crippen molar-refractivity contribution in [2.45, 2.75) is 33.4 Å². The summed E-state index contributed by atoms with van der Waals surface area (Å²) in [5.74, 6) is -0.815. The van der Waals surface area contributed by atoms with E-state index < -0.39 is 23.1 Å². The molecule has 3 rings (SSSR count). The van der Waals surface area contributed by atoms with E-state index in [-0.39, 0.29) is 11.4 Å². The predicted molar refractivity (Wildman–Crippen MR) is 90.4 cm³/mol. The van der Waals surface area contributed by atoms with Gasteiger partial charge in [0.05, 0.1) is 18.4 Å². The van der Waals surface area contributed by atoms with Crippen molar-refractivity contribution in [3.8, 4) is 0 Å². The Morgan fingerprint density at radius 1 is 1.33 bits per heavy atom. The maximum Gasteiger partial charge on any atom is 0.290 e. The van der Waals surface area contributed by atoms with Crippen molar-refractivity contribution in [2.24, 2.45) is 5.41 Å². The summed E-state index contributed by atoms with van der Waals surface area (Å²) in [6, 6.07) is 6.53. The van der Waals surface area contributed by atoms with Crippen LogP contribution in [-0.2, 0) is 16.1 Å². The summed E-state index contributed by atoms with van der Waals surface area (Å²) in [4.78, 5) is 27.9. The molecule has 6 heteroatoms. The van der Waals surface area contributed by atoms with Gasteiger partial charge in [-0.2, -0.15) is 0 Å². The third-order valence-corrected chi connectivity index (χ3v) is 4.81. The third-order valence-electron chi connectivity index (χ3n) is 3.95. The Hall–Kier alpha value is -2.34. The number of hydrogen-bond donors (Lipinski definition) is 1. The molecule has 1 aliphatic rings. The average molecular weight is 345 g/mol. The van der Waals surface area contributed by atoms with Crippen LogP contribution in [0.15, 0.2) is 51.7 Å². The van der Waals surface area contributed by atoms with Crippen molar-refractivity contribution in [1.82, 2.24) is 4.90 Å². The quantitative estimate of drug-likeness (QED) is 0.913. The highest BCUT2D eigenvalue weighted by molar-refractivity contribution is 7.09. The molecule has 0 saturated carbocycles. The van der Waals surface area contributed by atoms with Crippen molar-refractivity contribution >= 4 is 23.0 Å². The zero-order valence-electron chi connectivity index (χ0n) is 13.8. The van der Waals surface area contributed by atoms with Gasteiger partial charge < -0.3 is 14.4 Å². The van der Waals surface area contributed by atoms with Crippen molar-refractivity contribution in [2.75, 3.05) is 0 Å². The minimum absolute atomic E-state index is 0.110. The number of nitrogens with zero attached hydrogens (tertiary/aromatic N) is 1. The maximum absolute atomic E-state index is 12.8. The van der Waals surface area contributed by atoms with Gasteiger partial charge in [0, 0.05) is 10.3 Å². The smallest absolute Gasteiger partial charge is 0.290 e. The second-order valence-corrected chi connectivity index (χ2v) is 7.80. The summed E-state index contributed by atoms with van der Waals surface area (Å²) < 4.78 is 5.47. The number of hydrogen-bond acceptors (Lipinski definition) is 5. The Morgan fingerprint density at radius 3 is 2.62 bits per heavy atom. The number of aliphatic hydroxyl groups excluding tert-OH is 1. The summed E-state index contributed by atoms with van der Waals surface area (Å²) in [5.41, 5.74) is -0.605. The molecule has 1 amide bonds. The molecule has 2 aromatic rings. The van der Waals surface area contributed by atoms with Gasteiger partial charge in [-0.1, -0.05) is 26.8 Å². The number of carbonyl (C=O) groups excluding carboxylic acids is 2. The first-order chi connectivity index (χ1) is 11.3. The Kier molecular flexibility index (Phi) is 4.09. The van der Waals surface area contributed by atoms with Gasteiger partial charge in [0.25, 0.3) is 5.91 Å². The maximum atomic E-state index is 12.8. The average Bonchev–Trinajstić information content (AvgIpc) is 3.23. The number of aliphatic hydroxyl groups is 1. The molecule has 0 aliphatic carbocycles. The molecular formula is C18H19NO4S. The highest BCUT2D eigenvalue weighted by atomic mass is 32.1. The van der Waals surface area contributed by atoms with E-state index in [0.717, 1.165) is 4.88 Å². The lowest BCUT2D eigenvalue weighted by Crippen LogP contribution is -2.32. The number of Topliss-reactive ketones (excluding diaryl/α,β-unsaturated/α-hetero) is 1. The molecule has 0 spiro atoms. The zero-order valence-corrected chi connectivity index (χ0v) is 14.6. The molecule has 1 aliphatic heterocycles. The number of rotatable bonds is 4. The molecule has 1 unspecified atom stereocenters. The second kappa shape index (κ2) is 5.94. The highest BCUT2D eigenvalue weighted by Crippen LogP contribution is 2.41. The van der Waals surface area contributed by atoms with Crippen LogP contribution in [0.5, 0.6) is 0 Å². The van der Waals surface area contributed by atoms with E-state index in [2.05, 4.69) is 0 Å². The van der Waals surface area contributed by atoms with Crippen molar-refractivity contribution in [1.29, 1.82) is 0 Å². The molecule has 0 saturated heterocycles. The van der Waals surface area contributed by atoms with Crippen molar-refractivity contribution < 1.29 is 19.1 Å². The standard InChI is InChI=1S/C18H19NO4S/c1-18(2,3)16(21)13-14(12-7-4-8-23-12)19(17(22)15(13)20)10-11-6-5-9-24-11/h4-9,14,20H,10H2,1-3H3. The van der Waals surface area contributed by atoms with Crippen molar-refractivity contribution in [3.63, 3.8) is 0 Å². The van der Waals surface area contributed by atoms with E-state index in [1.807, 2.05) is 17.5 Å². The molecule has 126 valence electrons. The topological polar surface area (TPSA) is 70.8 Å². The van der Waals surface area contributed by atoms with Gasteiger partial charge in [0.15, 0.2) is 11.5 Å². The number of amides is 1. The predicted octanol–water partition coefficient (Wildman–Crippen LogP) is 3.85. The van der Waals surface area contributed by atoms with Crippen LogP contribution < -0.4 is 0 Å². The van der Waals surface area contributed by atoms with Crippen LogP contribution in [0.2, 0.25) is 0 Å². The van der Waals surface area contributed by atoms with Crippen LogP contribution in [0.3, 0.4) is 0 Å². The van der Waals surface area contributed by atoms with E-state index in [4.69, 9.17) is 4.42 Å². The van der Waals surface area contributed by atoms with Gasteiger partial charge in [-0.15, -0.1) is 11.3 Å². The Morgan fingerprint density at radius 2 is 2.08 bits per heavy atom. The highest BCUT2D eigenvalue weighted by Gasteiger charge is 2.47. The fourth-order valence-corrected chi connectivity index (χ4v) is 3.47. The number of carbonyl (C=O) groups is 2. The number of ketones is 1. The molecule has 24 heavy (non-hydrogen) atoms. The van der Waals surface area contributed by atoms with Crippen LogP contribution in [0.4, 0.5) is 0 Å². The molecule has 5 nitrogen and oxygen atoms in total. The lowest BCUT2D eigenvalue weighted by Gasteiger charge is -2.26. The lowest BCUT2D eigenvalue weighted by atomic mass is 9.83. The van der Waals surface area contributed by atoms with E-state index in [0.29, 0.717) is 12.3 Å². The normalized spacial score (nSPS) is 18.5. The summed E-state index contributed by atoms with van der Waals surface area (Å²) in [6.45, 7) is 5.61. The first kappa shape index (κ1) is 16.5. The summed E-state index contributed by atoms with van der Waals surface area (Å²) in [5, 5.41) is 12.3. The van der Waals surface area contributed by atoms with Gasteiger partial charge in [-0.05, 0) is 23.6 Å². The Balaban J connectivity index is 2.06. The Labute approximate surface area is 144 Å². The first-order valence-corrected chi connectivity index (χ1v) is 8.53. The zero-order chi connectivity index (χ0) is 17.5. The van der Waals surface area contributed by atoms with Crippen LogP contribution in [0.25, 0.3) is 0 Å². The van der Waals surface area contributed by atoms with E-state index in [1.165, 1.54) is 22.5 Å². The van der Waals surface area contributed by atoms with Gasteiger partial charge in [-0.3, -0.25) is 9.59 Å². The van der Waals surface area contributed by atoms with Crippen LogP contribution in [0, 0.1) is 5.41 Å². The molecular weight excluding hydrogens is 326 g/mol. The fraction of sp³-hybridized carbons (Fsp3) is 0.333. The van der Waals surface area contributed by atoms with Crippen LogP contribution in [-0.4, -0.2) is 21.7 Å². The monoisotopic (exact) mass is 345 g/mol. The molecule has 3 heterocycles. The SMILES string of the molecule is CC(C)(C)C(=O)C1=C(O)C(=O)N(Cc2cccs2)C1c1ccco1. The lowest BCUT2D eigenvalue weighted by molar-refractivity contribution is -0.130. The summed E-state index contributed by atoms with van der Waals surface area (Å²) in [6.07, 6.45) is 1.50.